The Morgan fingerprint density at radius 2 is 1.61 bits per heavy atom. The molecule has 1 fully saturated rings. The Bertz CT molecular complexity index is 1240. The van der Waals surface area contributed by atoms with Crippen molar-refractivity contribution in [2.24, 2.45) is 0 Å². The van der Waals surface area contributed by atoms with Gasteiger partial charge in [0.05, 0.1) is 11.7 Å². The maximum atomic E-state index is 12.7. The number of anilines is 1. The molecule has 3 aromatic carbocycles. The third-order valence-electron chi connectivity index (χ3n) is 5.33. The molecule has 9 heteroatoms. The second kappa shape index (κ2) is 8.91. The Kier molecular flexibility index (Phi) is 5.50. The van der Waals surface area contributed by atoms with Crippen LogP contribution in [0.3, 0.4) is 0 Å². The number of nitrogens with one attached hydrogen (secondary N) is 1. The van der Waals surface area contributed by atoms with Gasteiger partial charge in [-0.25, -0.2) is 4.68 Å². The summed E-state index contributed by atoms with van der Waals surface area (Å²) in [4.78, 5) is 26.9. The van der Waals surface area contributed by atoms with E-state index in [1.807, 2.05) is 54.6 Å². The molecule has 1 unspecified atom stereocenters. The first kappa shape index (κ1) is 20.4. The third-order valence-corrected chi connectivity index (χ3v) is 5.33. The second-order valence-electron chi connectivity index (χ2n) is 7.59. The van der Waals surface area contributed by atoms with E-state index in [-0.39, 0.29) is 24.3 Å². The number of nitrogens with zero attached hydrogens (tertiary/aromatic N) is 5. The van der Waals surface area contributed by atoms with Crippen LogP contribution in [0.5, 0.6) is 11.5 Å². The van der Waals surface area contributed by atoms with E-state index in [1.165, 1.54) is 11.0 Å². The number of rotatable bonds is 6. The minimum absolute atomic E-state index is 0.0361. The third kappa shape index (κ3) is 4.57. The number of carbonyl (C=O) groups is 2. The molecule has 0 aliphatic carbocycles. The van der Waals surface area contributed by atoms with Crippen LogP contribution >= 0.6 is 0 Å². The Hall–Kier alpha value is -4.53. The van der Waals surface area contributed by atoms with Gasteiger partial charge in [0.15, 0.2) is 0 Å². The summed E-state index contributed by atoms with van der Waals surface area (Å²) in [5, 5.41) is 14.0. The number of carbonyl (C=O) groups excluding carboxylic acids is 2. The summed E-state index contributed by atoms with van der Waals surface area (Å²) in [6, 6.07) is 23.5. The summed E-state index contributed by atoms with van der Waals surface area (Å²) in [6.45, 7) is 0.409. The Morgan fingerprint density at radius 3 is 2.30 bits per heavy atom. The highest BCUT2D eigenvalue weighted by molar-refractivity contribution is 5.99. The van der Waals surface area contributed by atoms with E-state index >= 15 is 0 Å². The van der Waals surface area contributed by atoms with E-state index in [2.05, 4.69) is 20.8 Å². The number of para-hydroxylation sites is 1. The van der Waals surface area contributed by atoms with Crippen LogP contribution in [0.4, 0.5) is 5.69 Å². The van der Waals surface area contributed by atoms with Crippen molar-refractivity contribution in [2.75, 3.05) is 11.4 Å². The molecule has 1 saturated heterocycles. The fourth-order valence-electron chi connectivity index (χ4n) is 3.69. The van der Waals surface area contributed by atoms with E-state index in [1.54, 1.807) is 29.2 Å². The van der Waals surface area contributed by atoms with E-state index in [9.17, 15) is 9.59 Å². The van der Waals surface area contributed by atoms with E-state index < -0.39 is 0 Å². The van der Waals surface area contributed by atoms with Gasteiger partial charge >= 0.3 is 0 Å². The first-order valence-corrected chi connectivity index (χ1v) is 10.4. The average molecular weight is 440 g/mol. The van der Waals surface area contributed by atoms with Crippen molar-refractivity contribution in [1.82, 2.24) is 25.5 Å². The van der Waals surface area contributed by atoms with Gasteiger partial charge in [-0.05, 0) is 71.1 Å². The van der Waals surface area contributed by atoms with Gasteiger partial charge in [-0.2, -0.15) is 0 Å². The van der Waals surface area contributed by atoms with Gasteiger partial charge in [0.1, 0.15) is 17.8 Å². The summed E-state index contributed by atoms with van der Waals surface area (Å²) < 4.78 is 7.31. The molecule has 0 spiro atoms. The van der Waals surface area contributed by atoms with Gasteiger partial charge in [-0.15, -0.1) is 5.10 Å². The summed E-state index contributed by atoms with van der Waals surface area (Å²) in [6.07, 6.45) is 1.73. The van der Waals surface area contributed by atoms with Crippen molar-refractivity contribution >= 4 is 17.5 Å². The quantitative estimate of drug-likeness (QED) is 0.495. The summed E-state index contributed by atoms with van der Waals surface area (Å²) in [7, 11) is 0. The predicted molar refractivity (Wildman–Crippen MR) is 120 cm³/mol. The van der Waals surface area contributed by atoms with Gasteiger partial charge in [0.2, 0.25) is 5.91 Å². The molecule has 4 aromatic rings. The molecule has 33 heavy (non-hydrogen) atoms. The lowest BCUT2D eigenvalue weighted by Crippen LogP contribution is -2.37. The lowest BCUT2D eigenvalue weighted by molar-refractivity contribution is -0.117. The number of benzene rings is 3. The largest absolute Gasteiger partial charge is 0.457 e. The predicted octanol–water partition coefficient (Wildman–Crippen LogP) is 2.99. The monoisotopic (exact) mass is 440 g/mol. The van der Waals surface area contributed by atoms with Crippen molar-refractivity contribution in [3.05, 3.63) is 90.8 Å². The molecule has 0 radical (unpaired) electrons. The fourth-order valence-corrected chi connectivity index (χ4v) is 3.69. The normalized spacial score (nSPS) is 15.5. The van der Waals surface area contributed by atoms with Crippen molar-refractivity contribution in [3.63, 3.8) is 0 Å². The number of amides is 2. The van der Waals surface area contributed by atoms with Gasteiger partial charge in [-0.3, -0.25) is 9.59 Å². The molecule has 0 bridgehead atoms. The van der Waals surface area contributed by atoms with Gasteiger partial charge in [0.25, 0.3) is 5.91 Å². The smallest absolute Gasteiger partial charge is 0.251 e. The van der Waals surface area contributed by atoms with E-state index in [0.29, 0.717) is 17.9 Å². The van der Waals surface area contributed by atoms with E-state index in [4.69, 9.17) is 4.74 Å². The Balaban J connectivity index is 1.20. The molecule has 164 valence electrons. The van der Waals surface area contributed by atoms with E-state index in [0.717, 1.165) is 17.1 Å². The van der Waals surface area contributed by atoms with Crippen LogP contribution in [-0.4, -0.2) is 44.6 Å². The molecule has 9 nitrogen and oxygen atoms in total. The topological polar surface area (TPSA) is 102 Å². The second-order valence-corrected chi connectivity index (χ2v) is 7.59. The van der Waals surface area contributed by atoms with Gasteiger partial charge in [-0.1, -0.05) is 18.2 Å². The zero-order valence-electron chi connectivity index (χ0n) is 17.5. The molecule has 1 N–H and O–H groups in total. The SMILES string of the molecule is O=C(NC1CC(=O)N(c2ccc(Oc3ccccc3)cc2)C1)c1ccc(-n2cnnn2)cc1. The standard InChI is InChI=1S/C24H20N6O3/c31-23-14-18(26-24(32)17-6-8-20(9-7-17)30-16-25-27-28-30)15-29(23)19-10-12-22(13-11-19)33-21-4-2-1-3-5-21/h1-13,16,18H,14-15H2,(H,26,32). The van der Waals surface area contributed by atoms with Crippen molar-refractivity contribution < 1.29 is 14.3 Å². The molecule has 1 atom stereocenters. The molecule has 2 heterocycles. The van der Waals surface area contributed by atoms with Crippen molar-refractivity contribution in [3.8, 4) is 17.2 Å². The van der Waals surface area contributed by atoms with Crippen LogP contribution in [0.25, 0.3) is 5.69 Å². The Morgan fingerprint density at radius 1 is 0.909 bits per heavy atom. The summed E-state index contributed by atoms with van der Waals surface area (Å²) >= 11 is 0. The molecular weight excluding hydrogens is 420 g/mol. The van der Waals surface area contributed by atoms with Crippen LogP contribution in [0.15, 0.2) is 85.2 Å². The van der Waals surface area contributed by atoms with Gasteiger partial charge in [0, 0.05) is 24.2 Å². The Labute approximate surface area is 189 Å². The molecule has 2 amide bonds. The van der Waals surface area contributed by atoms with Crippen LogP contribution in [0.1, 0.15) is 16.8 Å². The number of tetrazole rings is 1. The minimum Gasteiger partial charge on any atom is -0.457 e. The zero-order chi connectivity index (χ0) is 22.6. The van der Waals surface area contributed by atoms with Crippen LogP contribution in [0, 0.1) is 0 Å². The van der Waals surface area contributed by atoms with Gasteiger partial charge < -0.3 is 15.0 Å². The highest BCUT2D eigenvalue weighted by Crippen LogP contribution is 2.27. The highest BCUT2D eigenvalue weighted by atomic mass is 16.5. The average Bonchev–Trinajstić information content (AvgIpc) is 3.51. The first-order valence-electron chi connectivity index (χ1n) is 10.4. The lowest BCUT2D eigenvalue weighted by atomic mass is 10.1. The van der Waals surface area contributed by atoms with Crippen LogP contribution in [0.2, 0.25) is 0 Å². The van der Waals surface area contributed by atoms with Crippen LogP contribution < -0.4 is 15.0 Å². The van der Waals surface area contributed by atoms with Crippen molar-refractivity contribution in [2.45, 2.75) is 12.5 Å². The number of ether oxygens (including phenoxy) is 1. The highest BCUT2D eigenvalue weighted by Gasteiger charge is 2.31. The number of hydrogen-bond donors (Lipinski definition) is 1. The number of aromatic nitrogens is 4. The molecule has 1 aliphatic rings. The van der Waals surface area contributed by atoms with Crippen molar-refractivity contribution in [1.29, 1.82) is 0 Å². The minimum atomic E-state index is -0.274. The summed E-state index contributed by atoms with van der Waals surface area (Å²) in [5.74, 6) is 1.17. The fraction of sp³-hybridized carbons (Fsp3) is 0.125. The summed E-state index contributed by atoms with van der Waals surface area (Å²) in [5.41, 5.74) is 2.02. The van der Waals surface area contributed by atoms with Crippen LogP contribution in [-0.2, 0) is 4.79 Å². The maximum absolute atomic E-state index is 12.7. The first-order chi connectivity index (χ1) is 16.2. The zero-order valence-corrected chi connectivity index (χ0v) is 17.5. The number of hydrogen-bond acceptors (Lipinski definition) is 6. The molecule has 1 aliphatic heterocycles. The molecule has 1 aromatic heterocycles. The molecule has 0 saturated carbocycles. The molecule has 5 rings (SSSR count). The maximum Gasteiger partial charge on any atom is 0.251 e. The lowest BCUT2D eigenvalue weighted by Gasteiger charge is -2.18. The molecular formula is C24H20N6O3.